The summed E-state index contributed by atoms with van der Waals surface area (Å²) < 4.78 is 20.7. The summed E-state index contributed by atoms with van der Waals surface area (Å²) in [5, 5.41) is 8.52. The smallest absolute Gasteiger partial charge is 0.329 e. The maximum atomic E-state index is 10.4. The maximum Gasteiger partial charge on any atom is 0.329 e. The minimum Gasteiger partial charge on any atom is -0.493 e. The van der Waals surface area contributed by atoms with Crippen molar-refractivity contribution in [2.24, 2.45) is 5.73 Å². The number of ether oxygens (including phenoxy) is 4. The second kappa shape index (κ2) is 7.56. The van der Waals surface area contributed by atoms with Crippen LogP contribution in [0.25, 0.3) is 0 Å². The van der Waals surface area contributed by atoms with E-state index >= 15 is 0 Å². The number of hydrogen-bond donors (Lipinski definition) is 2. The largest absolute Gasteiger partial charge is 0.493 e. The molecule has 0 saturated carbocycles. The van der Waals surface area contributed by atoms with E-state index in [1.165, 1.54) is 21.3 Å². The molecule has 112 valence electrons. The Morgan fingerprint density at radius 1 is 1.20 bits per heavy atom. The molecule has 0 aliphatic rings. The summed E-state index contributed by atoms with van der Waals surface area (Å²) >= 11 is 0. The summed E-state index contributed by atoms with van der Waals surface area (Å²) in [4.78, 5) is 10.4. The number of carboxylic acids is 1. The van der Waals surface area contributed by atoms with Crippen molar-refractivity contribution < 1.29 is 28.8 Å². The van der Waals surface area contributed by atoms with Gasteiger partial charge in [-0.05, 0) is 12.1 Å². The topological polar surface area (TPSA) is 100 Å². The average Bonchev–Trinajstić information content (AvgIpc) is 2.44. The Balaban J connectivity index is 2.96. The summed E-state index contributed by atoms with van der Waals surface area (Å²) in [7, 11) is 4.51. The number of aliphatic carboxylic acids is 1. The van der Waals surface area contributed by atoms with Crippen molar-refractivity contribution in [2.75, 3.05) is 34.5 Å². The van der Waals surface area contributed by atoms with Gasteiger partial charge in [-0.2, -0.15) is 0 Å². The van der Waals surface area contributed by atoms with E-state index in [1.54, 1.807) is 12.1 Å². The Bertz CT molecular complexity index is 462. The third-order valence-corrected chi connectivity index (χ3v) is 2.66. The lowest BCUT2D eigenvalue weighted by Gasteiger charge is -2.19. The van der Waals surface area contributed by atoms with Crippen LogP contribution in [-0.4, -0.2) is 45.6 Å². The lowest BCUT2D eigenvalue weighted by Crippen LogP contribution is -2.20. The van der Waals surface area contributed by atoms with Crippen molar-refractivity contribution in [3.63, 3.8) is 0 Å². The Hall–Kier alpha value is -1.99. The van der Waals surface area contributed by atoms with Crippen LogP contribution in [0.15, 0.2) is 12.1 Å². The molecule has 3 N–H and O–H groups in total. The molecule has 0 heterocycles. The van der Waals surface area contributed by atoms with Gasteiger partial charge in [-0.3, -0.25) is 0 Å². The van der Waals surface area contributed by atoms with Gasteiger partial charge in [0, 0.05) is 5.56 Å². The zero-order valence-corrected chi connectivity index (χ0v) is 11.7. The summed E-state index contributed by atoms with van der Waals surface area (Å²) in [6.45, 7) is -0.346. The van der Waals surface area contributed by atoms with E-state index in [-0.39, 0.29) is 6.61 Å². The van der Waals surface area contributed by atoms with Crippen LogP contribution in [0, 0.1) is 0 Å². The zero-order valence-electron chi connectivity index (χ0n) is 11.7. The molecule has 1 aromatic rings. The highest BCUT2D eigenvalue weighted by atomic mass is 16.5. The molecule has 0 saturated heterocycles. The molecule has 1 atom stereocenters. The second-order valence-electron chi connectivity index (χ2n) is 3.94. The lowest BCUT2D eigenvalue weighted by atomic mass is 10.1. The average molecular weight is 285 g/mol. The predicted molar refractivity (Wildman–Crippen MR) is 71.5 cm³/mol. The van der Waals surface area contributed by atoms with Crippen LogP contribution in [0.4, 0.5) is 0 Å². The number of rotatable bonds is 8. The summed E-state index contributed by atoms with van der Waals surface area (Å²) in [5.41, 5.74) is 6.63. The van der Waals surface area contributed by atoms with Gasteiger partial charge in [0.25, 0.3) is 0 Å². The van der Waals surface area contributed by atoms with Gasteiger partial charge in [0.2, 0.25) is 5.75 Å². The monoisotopic (exact) mass is 285 g/mol. The van der Waals surface area contributed by atoms with Gasteiger partial charge in [-0.1, -0.05) is 0 Å². The molecule has 1 unspecified atom stereocenters. The van der Waals surface area contributed by atoms with Gasteiger partial charge in [-0.25, -0.2) is 4.79 Å². The number of carbonyl (C=O) groups is 1. The Labute approximate surface area is 117 Å². The molecule has 0 fully saturated rings. The molecule has 1 rings (SSSR count). The van der Waals surface area contributed by atoms with Crippen LogP contribution < -0.4 is 19.9 Å². The van der Waals surface area contributed by atoms with Crippen LogP contribution >= 0.6 is 0 Å². The van der Waals surface area contributed by atoms with E-state index in [2.05, 4.69) is 0 Å². The van der Waals surface area contributed by atoms with Gasteiger partial charge in [0.05, 0.1) is 34.0 Å². The van der Waals surface area contributed by atoms with E-state index in [1.807, 2.05) is 0 Å². The fourth-order valence-electron chi connectivity index (χ4n) is 1.78. The van der Waals surface area contributed by atoms with Crippen molar-refractivity contribution in [3.05, 3.63) is 17.7 Å². The van der Waals surface area contributed by atoms with Crippen LogP contribution in [0.2, 0.25) is 0 Å². The third-order valence-electron chi connectivity index (χ3n) is 2.66. The van der Waals surface area contributed by atoms with E-state index in [0.717, 1.165) is 0 Å². The van der Waals surface area contributed by atoms with Crippen LogP contribution in [-0.2, 0) is 9.53 Å². The predicted octanol–water partition coefficient (Wildman–Crippen LogP) is 0.813. The molecule has 7 heteroatoms. The minimum atomic E-state index is -1.04. The number of methoxy groups -OCH3 is 3. The molecule has 0 spiro atoms. The van der Waals surface area contributed by atoms with Gasteiger partial charge in [0.15, 0.2) is 11.5 Å². The third kappa shape index (κ3) is 3.75. The molecule has 1 aromatic carbocycles. The molecule has 0 bridgehead atoms. The van der Waals surface area contributed by atoms with E-state index in [0.29, 0.717) is 22.8 Å². The first-order valence-corrected chi connectivity index (χ1v) is 5.89. The molecule has 0 amide bonds. The fraction of sp³-hybridized carbons (Fsp3) is 0.462. The highest BCUT2D eigenvalue weighted by Gasteiger charge is 2.20. The summed E-state index contributed by atoms with van der Waals surface area (Å²) in [6, 6.07) is 2.90. The number of carboxylic acid groups (broad SMARTS) is 1. The first-order valence-electron chi connectivity index (χ1n) is 5.89. The zero-order chi connectivity index (χ0) is 15.1. The molecule has 20 heavy (non-hydrogen) atoms. The van der Waals surface area contributed by atoms with E-state index in [9.17, 15) is 4.79 Å². The maximum absolute atomic E-state index is 10.4. The van der Waals surface area contributed by atoms with E-state index < -0.39 is 18.6 Å². The Kier molecular flexibility index (Phi) is 6.08. The van der Waals surface area contributed by atoms with E-state index in [4.69, 9.17) is 29.8 Å². The highest BCUT2D eigenvalue weighted by molar-refractivity contribution is 5.68. The first kappa shape index (κ1) is 16.1. The number of nitrogens with two attached hydrogens (primary N) is 1. The van der Waals surface area contributed by atoms with Gasteiger partial charge in [-0.15, -0.1) is 0 Å². The fourth-order valence-corrected chi connectivity index (χ4v) is 1.78. The normalized spacial score (nSPS) is 11.8. The van der Waals surface area contributed by atoms with Crippen LogP contribution in [0.5, 0.6) is 17.2 Å². The van der Waals surface area contributed by atoms with Gasteiger partial charge < -0.3 is 29.8 Å². The lowest BCUT2D eigenvalue weighted by molar-refractivity contribution is -0.142. The first-order chi connectivity index (χ1) is 9.54. The molecule has 0 aromatic heterocycles. The number of benzene rings is 1. The van der Waals surface area contributed by atoms with Crippen molar-refractivity contribution in [1.82, 2.24) is 0 Å². The molecule has 0 aliphatic heterocycles. The van der Waals surface area contributed by atoms with Crippen LogP contribution in [0.3, 0.4) is 0 Å². The van der Waals surface area contributed by atoms with Gasteiger partial charge >= 0.3 is 5.97 Å². The Morgan fingerprint density at radius 2 is 1.85 bits per heavy atom. The van der Waals surface area contributed by atoms with Gasteiger partial charge in [0.1, 0.15) is 6.61 Å². The number of hydrogen-bond acceptors (Lipinski definition) is 6. The highest BCUT2D eigenvalue weighted by Crippen LogP contribution is 2.41. The van der Waals surface area contributed by atoms with Crippen LogP contribution in [0.1, 0.15) is 11.6 Å². The molecular formula is C13H19NO6. The molecular weight excluding hydrogens is 266 g/mol. The van der Waals surface area contributed by atoms with Crippen molar-refractivity contribution in [2.45, 2.75) is 6.04 Å². The molecule has 7 nitrogen and oxygen atoms in total. The van der Waals surface area contributed by atoms with Crippen molar-refractivity contribution >= 4 is 5.97 Å². The second-order valence-corrected chi connectivity index (χ2v) is 3.94. The van der Waals surface area contributed by atoms with Crippen molar-refractivity contribution in [3.8, 4) is 17.2 Å². The molecule has 0 aliphatic carbocycles. The molecule has 0 radical (unpaired) electrons. The SMILES string of the molecule is COc1ccc(C(N)COCC(=O)O)c(OC)c1OC. The standard InChI is InChI=1S/C13H19NO6/c1-17-10-5-4-8(12(18-2)13(10)19-3)9(14)6-20-7-11(15)16/h4-5,9H,6-7,14H2,1-3H3,(H,15,16). The summed E-state index contributed by atoms with van der Waals surface area (Å²) in [6.07, 6.45) is 0. The minimum absolute atomic E-state index is 0.0537. The Morgan fingerprint density at radius 3 is 2.35 bits per heavy atom. The summed E-state index contributed by atoms with van der Waals surface area (Å²) in [5.74, 6) is 0.350. The van der Waals surface area contributed by atoms with Crippen molar-refractivity contribution in [1.29, 1.82) is 0 Å². The quantitative estimate of drug-likeness (QED) is 0.729.